The standard InChI is InChI=1S/C11H12ClN3/c1-7-8-3-2-4-9(12)11(8)15-10(14-7)5-6-13/h2-4H,5-6,13H2,1H3. The summed E-state index contributed by atoms with van der Waals surface area (Å²) in [4.78, 5) is 8.78. The number of aryl methyl sites for hydroxylation is 1. The topological polar surface area (TPSA) is 51.8 Å². The highest BCUT2D eigenvalue weighted by atomic mass is 35.5. The fourth-order valence-electron chi connectivity index (χ4n) is 1.57. The van der Waals surface area contributed by atoms with Crippen molar-refractivity contribution in [1.82, 2.24) is 9.97 Å². The number of rotatable bonds is 2. The van der Waals surface area contributed by atoms with Gasteiger partial charge in [0, 0.05) is 17.5 Å². The molecular formula is C11H12ClN3. The number of para-hydroxylation sites is 1. The van der Waals surface area contributed by atoms with E-state index in [-0.39, 0.29) is 0 Å². The molecule has 4 heteroatoms. The monoisotopic (exact) mass is 221 g/mol. The second kappa shape index (κ2) is 4.13. The third-order valence-corrected chi connectivity index (χ3v) is 2.59. The number of aromatic nitrogens is 2. The van der Waals surface area contributed by atoms with E-state index in [1.807, 2.05) is 25.1 Å². The fraction of sp³-hybridized carbons (Fsp3) is 0.273. The fourth-order valence-corrected chi connectivity index (χ4v) is 1.79. The Balaban J connectivity index is 2.68. The summed E-state index contributed by atoms with van der Waals surface area (Å²) in [6.07, 6.45) is 0.683. The molecule has 2 aromatic rings. The van der Waals surface area contributed by atoms with Crippen molar-refractivity contribution in [2.24, 2.45) is 5.73 Å². The predicted molar refractivity (Wildman–Crippen MR) is 62.0 cm³/mol. The predicted octanol–water partition coefficient (Wildman–Crippen LogP) is 2.09. The smallest absolute Gasteiger partial charge is 0.130 e. The van der Waals surface area contributed by atoms with Gasteiger partial charge in [0.15, 0.2) is 0 Å². The van der Waals surface area contributed by atoms with Crippen LogP contribution in [0.3, 0.4) is 0 Å². The Morgan fingerprint density at radius 3 is 2.87 bits per heavy atom. The van der Waals surface area contributed by atoms with Crippen LogP contribution in [0.15, 0.2) is 18.2 Å². The van der Waals surface area contributed by atoms with E-state index < -0.39 is 0 Å². The molecule has 2 N–H and O–H groups in total. The van der Waals surface area contributed by atoms with Gasteiger partial charge in [-0.1, -0.05) is 23.7 Å². The lowest BCUT2D eigenvalue weighted by atomic mass is 10.2. The van der Waals surface area contributed by atoms with Crippen molar-refractivity contribution >= 4 is 22.5 Å². The first-order valence-corrected chi connectivity index (χ1v) is 5.22. The highest BCUT2D eigenvalue weighted by Gasteiger charge is 2.06. The third-order valence-electron chi connectivity index (χ3n) is 2.28. The van der Waals surface area contributed by atoms with Crippen LogP contribution >= 0.6 is 11.6 Å². The molecule has 0 fully saturated rings. The summed E-state index contributed by atoms with van der Waals surface area (Å²) in [5.41, 5.74) is 7.24. The van der Waals surface area contributed by atoms with Crippen molar-refractivity contribution in [1.29, 1.82) is 0 Å². The molecule has 0 atom stereocenters. The summed E-state index contributed by atoms with van der Waals surface area (Å²) < 4.78 is 0. The quantitative estimate of drug-likeness (QED) is 0.845. The van der Waals surface area contributed by atoms with Crippen LogP contribution in [0.25, 0.3) is 10.9 Å². The molecule has 3 nitrogen and oxygen atoms in total. The van der Waals surface area contributed by atoms with E-state index in [9.17, 15) is 0 Å². The van der Waals surface area contributed by atoms with E-state index in [4.69, 9.17) is 17.3 Å². The number of nitrogens with two attached hydrogens (primary N) is 1. The molecule has 1 heterocycles. The SMILES string of the molecule is Cc1nc(CCN)nc2c(Cl)cccc12. The lowest BCUT2D eigenvalue weighted by Crippen LogP contribution is -2.07. The van der Waals surface area contributed by atoms with Gasteiger partial charge in [-0.15, -0.1) is 0 Å². The lowest BCUT2D eigenvalue weighted by molar-refractivity contribution is 0.869. The van der Waals surface area contributed by atoms with Gasteiger partial charge in [-0.2, -0.15) is 0 Å². The van der Waals surface area contributed by atoms with Crippen molar-refractivity contribution in [3.8, 4) is 0 Å². The molecule has 0 bridgehead atoms. The maximum Gasteiger partial charge on any atom is 0.130 e. The van der Waals surface area contributed by atoms with Crippen LogP contribution in [-0.4, -0.2) is 16.5 Å². The molecule has 0 aliphatic rings. The van der Waals surface area contributed by atoms with E-state index in [1.54, 1.807) is 0 Å². The van der Waals surface area contributed by atoms with Gasteiger partial charge in [-0.25, -0.2) is 9.97 Å². The maximum absolute atomic E-state index is 6.08. The molecular weight excluding hydrogens is 210 g/mol. The van der Waals surface area contributed by atoms with Gasteiger partial charge in [0.1, 0.15) is 5.82 Å². The second-order valence-corrected chi connectivity index (χ2v) is 3.81. The minimum Gasteiger partial charge on any atom is -0.330 e. The summed E-state index contributed by atoms with van der Waals surface area (Å²) in [7, 11) is 0. The molecule has 78 valence electrons. The van der Waals surface area contributed by atoms with E-state index in [0.717, 1.165) is 22.4 Å². The van der Waals surface area contributed by atoms with Crippen LogP contribution in [0.5, 0.6) is 0 Å². The first-order valence-electron chi connectivity index (χ1n) is 4.84. The summed E-state index contributed by atoms with van der Waals surface area (Å²) in [5.74, 6) is 0.760. The van der Waals surface area contributed by atoms with Gasteiger partial charge in [-0.05, 0) is 19.5 Å². The number of halogens is 1. The van der Waals surface area contributed by atoms with Crippen LogP contribution < -0.4 is 5.73 Å². The van der Waals surface area contributed by atoms with Gasteiger partial charge >= 0.3 is 0 Å². The minimum atomic E-state index is 0.551. The summed E-state index contributed by atoms with van der Waals surface area (Å²) in [5, 5.41) is 1.67. The first-order chi connectivity index (χ1) is 7.22. The van der Waals surface area contributed by atoms with Gasteiger partial charge < -0.3 is 5.73 Å². The summed E-state index contributed by atoms with van der Waals surface area (Å²) in [6, 6.07) is 5.72. The molecule has 0 saturated carbocycles. The molecule has 1 aromatic heterocycles. The Bertz CT molecular complexity index is 496. The highest BCUT2D eigenvalue weighted by molar-refractivity contribution is 6.35. The Kier molecular flexibility index (Phi) is 2.84. The zero-order valence-electron chi connectivity index (χ0n) is 8.50. The molecule has 0 spiro atoms. The van der Waals surface area contributed by atoms with Gasteiger partial charge in [0.25, 0.3) is 0 Å². The van der Waals surface area contributed by atoms with Gasteiger partial charge in [-0.3, -0.25) is 0 Å². The Morgan fingerprint density at radius 2 is 2.13 bits per heavy atom. The molecule has 0 radical (unpaired) electrons. The number of benzene rings is 1. The molecule has 0 amide bonds. The Labute approximate surface area is 93.3 Å². The zero-order chi connectivity index (χ0) is 10.8. The largest absolute Gasteiger partial charge is 0.330 e. The second-order valence-electron chi connectivity index (χ2n) is 3.40. The molecule has 1 aromatic carbocycles. The number of nitrogens with zero attached hydrogens (tertiary/aromatic N) is 2. The van der Waals surface area contributed by atoms with Crippen LogP contribution in [0, 0.1) is 6.92 Å². The number of hydrogen-bond donors (Lipinski definition) is 1. The van der Waals surface area contributed by atoms with Crippen LogP contribution in [-0.2, 0) is 6.42 Å². The van der Waals surface area contributed by atoms with Crippen LogP contribution in [0.4, 0.5) is 0 Å². The normalized spacial score (nSPS) is 10.9. The molecule has 15 heavy (non-hydrogen) atoms. The summed E-state index contributed by atoms with van der Waals surface area (Å²) in [6.45, 7) is 2.51. The van der Waals surface area contributed by atoms with Crippen LogP contribution in [0.1, 0.15) is 11.5 Å². The molecule has 0 aliphatic heterocycles. The van der Waals surface area contributed by atoms with Crippen molar-refractivity contribution in [3.05, 3.63) is 34.7 Å². The zero-order valence-corrected chi connectivity index (χ0v) is 9.25. The molecule has 0 aliphatic carbocycles. The number of fused-ring (bicyclic) bond motifs is 1. The lowest BCUT2D eigenvalue weighted by Gasteiger charge is -2.05. The van der Waals surface area contributed by atoms with E-state index >= 15 is 0 Å². The van der Waals surface area contributed by atoms with Crippen molar-refractivity contribution in [2.75, 3.05) is 6.54 Å². The average molecular weight is 222 g/mol. The van der Waals surface area contributed by atoms with Gasteiger partial charge in [0.05, 0.1) is 10.5 Å². The molecule has 0 unspecified atom stereocenters. The molecule has 2 rings (SSSR count). The summed E-state index contributed by atoms with van der Waals surface area (Å²) >= 11 is 6.08. The van der Waals surface area contributed by atoms with Crippen molar-refractivity contribution < 1.29 is 0 Å². The Hall–Kier alpha value is -1.19. The van der Waals surface area contributed by atoms with Crippen LogP contribution in [0.2, 0.25) is 5.02 Å². The van der Waals surface area contributed by atoms with Crippen molar-refractivity contribution in [3.63, 3.8) is 0 Å². The third kappa shape index (κ3) is 1.94. The van der Waals surface area contributed by atoms with Crippen molar-refractivity contribution in [2.45, 2.75) is 13.3 Å². The van der Waals surface area contributed by atoms with E-state index in [0.29, 0.717) is 18.0 Å². The maximum atomic E-state index is 6.08. The minimum absolute atomic E-state index is 0.551. The van der Waals surface area contributed by atoms with E-state index in [2.05, 4.69) is 9.97 Å². The molecule has 0 saturated heterocycles. The van der Waals surface area contributed by atoms with Gasteiger partial charge in [0.2, 0.25) is 0 Å². The number of hydrogen-bond acceptors (Lipinski definition) is 3. The first kappa shape index (κ1) is 10.3. The highest BCUT2D eigenvalue weighted by Crippen LogP contribution is 2.23. The Morgan fingerprint density at radius 1 is 1.33 bits per heavy atom. The average Bonchev–Trinajstić information content (AvgIpc) is 2.20. The van der Waals surface area contributed by atoms with E-state index in [1.165, 1.54) is 0 Å².